The van der Waals surface area contributed by atoms with Gasteiger partial charge < -0.3 is 0 Å². The number of aromatic nitrogens is 3. The van der Waals surface area contributed by atoms with E-state index in [0.717, 1.165) is 24.4 Å². The fraction of sp³-hybridized carbons (Fsp3) is 0.235. The van der Waals surface area contributed by atoms with E-state index in [0.29, 0.717) is 6.54 Å². The van der Waals surface area contributed by atoms with Crippen LogP contribution in [-0.4, -0.2) is 27.5 Å². The van der Waals surface area contributed by atoms with Gasteiger partial charge in [-0.3, -0.25) is 4.99 Å². The summed E-state index contributed by atoms with van der Waals surface area (Å²) in [7, 11) is 0. The largest absolute Gasteiger partial charge is 0.280 e. The molecule has 4 heteroatoms. The number of allylic oxidation sites excluding steroid dienone is 2. The Kier molecular flexibility index (Phi) is 5.96. The lowest BCUT2D eigenvalue weighted by Gasteiger charge is -1.96. The van der Waals surface area contributed by atoms with Gasteiger partial charge in [-0.25, -0.2) is 9.67 Å². The molecule has 2 aromatic heterocycles. The number of rotatable bonds is 5. The van der Waals surface area contributed by atoms with Gasteiger partial charge in [0.05, 0.1) is 0 Å². The topological polar surface area (TPSA) is 43.1 Å². The number of unbranched alkanes of at least 4 members (excludes halogenated alkanes) is 1. The summed E-state index contributed by atoms with van der Waals surface area (Å²) in [6.07, 6.45) is 11.7. The summed E-state index contributed by atoms with van der Waals surface area (Å²) in [6.45, 7) is 2.63. The molecule has 2 heterocycles. The van der Waals surface area contributed by atoms with Crippen molar-refractivity contribution in [2.45, 2.75) is 19.8 Å². The normalized spacial score (nSPS) is 10.9. The molecule has 4 nitrogen and oxygen atoms in total. The third kappa shape index (κ3) is 5.07. The van der Waals surface area contributed by atoms with Gasteiger partial charge in [-0.2, -0.15) is 5.10 Å². The molecule has 0 aliphatic carbocycles. The lowest BCUT2D eigenvalue weighted by molar-refractivity contribution is 0.842. The van der Waals surface area contributed by atoms with Crippen LogP contribution >= 0.6 is 0 Å². The molecule has 0 N–H and O–H groups in total. The molecular formula is C17H18N4. The molecule has 0 saturated heterocycles. The summed E-state index contributed by atoms with van der Waals surface area (Å²) in [6, 6.07) is 7.57. The monoisotopic (exact) mass is 278 g/mol. The van der Waals surface area contributed by atoms with E-state index >= 15 is 0 Å². The first-order chi connectivity index (χ1) is 10.4. The highest BCUT2D eigenvalue weighted by Crippen LogP contribution is 2.02. The van der Waals surface area contributed by atoms with Crippen LogP contribution in [0.15, 0.2) is 53.8 Å². The van der Waals surface area contributed by atoms with Gasteiger partial charge in [0.15, 0.2) is 5.82 Å². The highest BCUT2D eigenvalue weighted by Gasteiger charge is 1.98. The average Bonchev–Trinajstić information content (AvgIpc) is 3.00. The predicted molar refractivity (Wildman–Crippen MR) is 85.6 cm³/mol. The molecule has 0 atom stereocenters. The van der Waals surface area contributed by atoms with Crippen LogP contribution in [0.2, 0.25) is 0 Å². The number of nitrogens with zero attached hydrogens (tertiary/aromatic N) is 4. The minimum atomic E-state index is 0.479. The Bertz CT molecular complexity index is 657. The minimum Gasteiger partial charge on any atom is -0.280 e. The van der Waals surface area contributed by atoms with Crippen molar-refractivity contribution in [3.05, 3.63) is 54.5 Å². The molecule has 0 aromatic carbocycles. The first-order valence-electron chi connectivity index (χ1n) is 7.01. The Hall–Kier alpha value is -2.67. The van der Waals surface area contributed by atoms with Gasteiger partial charge >= 0.3 is 0 Å². The number of hydrogen-bond acceptors (Lipinski definition) is 3. The molecule has 0 unspecified atom stereocenters. The molecule has 0 radical (unpaired) electrons. The highest BCUT2D eigenvalue weighted by molar-refractivity contribution is 5.71. The van der Waals surface area contributed by atoms with E-state index in [2.05, 4.69) is 39.9 Å². The van der Waals surface area contributed by atoms with Crippen LogP contribution < -0.4 is 0 Å². The maximum absolute atomic E-state index is 4.35. The van der Waals surface area contributed by atoms with Crippen molar-refractivity contribution in [1.82, 2.24) is 14.8 Å². The molecule has 0 spiro atoms. The van der Waals surface area contributed by atoms with Crippen LogP contribution in [0.4, 0.5) is 0 Å². The van der Waals surface area contributed by atoms with E-state index < -0.39 is 0 Å². The van der Waals surface area contributed by atoms with Gasteiger partial charge in [-0.15, -0.1) is 0 Å². The summed E-state index contributed by atoms with van der Waals surface area (Å²) >= 11 is 0. The van der Waals surface area contributed by atoms with E-state index in [9.17, 15) is 0 Å². The third-order valence-corrected chi connectivity index (χ3v) is 2.64. The van der Waals surface area contributed by atoms with Crippen molar-refractivity contribution in [3.63, 3.8) is 0 Å². The summed E-state index contributed by atoms with van der Waals surface area (Å²) < 4.78 is 1.71. The Morgan fingerprint density at radius 1 is 1.33 bits per heavy atom. The van der Waals surface area contributed by atoms with Gasteiger partial charge in [-0.1, -0.05) is 31.4 Å². The SMILES string of the molecule is CCC/C=C\C=NCC#Cc1ccn(-c2ccccn2)n1. The van der Waals surface area contributed by atoms with Gasteiger partial charge in [0, 0.05) is 18.6 Å². The Morgan fingerprint density at radius 3 is 3.10 bits per heavy atom. The van der Waals surface area contributed by atoms with Crippen LogP contribution in [0, 0.1) is 11.8 Å². The van der Waals surface area contributed by atoms with E-state index in [1.165, 1.54) is 0 Å². The van der Waals surface area contributed by atoms with Crippen LogP contribution in [-0.2, 0) is 0 Å². The summed E-state index contributed by atoms with van der Waals surface area (Å²) in [4.78, 5) is 8.42. The summed E-state index contributed by atoms with van der Waals surface area (Å²) in [5, 5.41) is 4.35. The van der Waals surface area contributed by atoms with Crippen molar-refractivity contribution >= 4 is 6.21 Å². The van der Waals surface area contributed by atoms with E-state index in [4.69, 9.17) is 0 Å². The highest BCUT2D eigenvalue weighted by atomic mass is 15.3. The standard InChI is InChI=1S/C17H18N4/c1-2-3-4-6-12-18-13-8-9-16-11-15-21(20-16)17-10-5-7-14-19-17/h4-7,10-12,14-15H,2-3,13H2,1H3/b6-4-,18-12?. The van der Waals surface area contributed by atoms with Crippen LogP contribution in [0.5, 0.6) is 0 Å². The van der Waals surface area contributed by atoms with Gasteiger partial charge in [-0.05, 0) is 36.6 Å². The first-order valence-corrected chi connectivity index (χ1v) is 7.01. The third-order valence-electron chi connectivity index (χ3n) is 2.64. The smallest absolute Gasteiger partial charge is 0.153 e. The molecule has 2 rings (SSSR count). The zero-order valence-electron chi connectivity index (χ0n) is 12.1. The van der Waals surface area contributed by atoms with Crippen molar-refractivity contribution in [1.29, 1.82) is 0 Å². The maximum Gasteiger partial charge on any atom is 0.153 e. The van der Waals surface area contributed by atoms with Crippen molar-refractivity contribution in [2.75, 3.05) is 6.54 Å². The molecule has 21 heavy (non-hydrogen) atoms. The van der Waals surface area contributed by atoms with Crippen LogP contribution in [0.3, 0.4) is 0 Å². The zero-order chi connectivity index (χ0) is 14.8. The molecule has 0 saturated carbocycles. The second-order valence-corrected chi connectivity index (χ2v) is 4.34. The molecule has 106 valence electrons. The number of aliphatic imine (C=N–C) groups is 1. The zero-order valence-corrected chi connectivity index (χ0v) is 12.1. The van der Waals surface area contributed by atoms with Crippen molar-refractivity contribution in [2.24, 2.45) is 4.99 Å². The second-order valence-electron chi connectivity index (χ2n) is 4.34. The fourth-order valence-electron chi connectivity index (χ4n) is 1.62. The minimum absolute atomic E-state index is 0.479. The quantitative estimate of drug-likeness (QED) is 0.623. The number of pyridine rings is 1. The maximum atomic E-state index is 4.35. The Balaban J connectivity index is 1.88. The van der Waals surface area contributed by atoms with Gasteiger partial charge in [0.1, 0.15) is 12.2 Å². The fourth-order valence-corrected chi connectivity index (χ4v) is 1.62. The average molecular weight is 278 g/mol. The predicted octanol–water partition coefficient (Wildman–Crippen LogP) is 3.05. The number of hydrogen-bond donors (Lipinski definition) is 0. The Labute approximate surface area is 125 Å². The van der Waals surface area contributed by atoms with Gasteiger partial charge in [0.2, 0.25) is 0 Å². The van der Waals surface area contributed by atoms with E-state index in [-0.39, 0.29) is 0 Å². The summed E-state index contributed by atoms with van der Waals surface area (Å²) in [5.74, 6) is 6.75. The van der Waals surface area contributed by atoms with Crippen LogP contribution in [0.1, 0.15) is 25.5 Å². The molecule has 2 aromatic rings. The van der Waals surface area contributed by atoms with E-state index in [1.54, 1.807) is 17.1 Å². The summed E-state index contributed by atoms with van der Waals surface area (Å²) in [5.41, 5.74) is 0.720. The molecule has 0 bridgehead atoms. The first kappa shape index (κ1) is 14.7. The van der Waals surface area contributed by atoms with Crippen LogP contribution in [0.25, 0.3) is 5.82 Å². The Morgan fingerprint density at radius 2 is 2.29 bits per heavy atom. The van der Waals surface area contributed by atoms with Gasteiger partial charge in [0.25, 0.3) is 0 Å². The molecular weight excluding hydrogens is 260 g/mol. The lowest BCUT2D eigenvalue weighted by atomic mass is 10.3. The lowest BCUT2D eigenvalue weighted by Crippen LogP contribution is -1.97. The second kappa shape index (κ2) is 8.49. The molecule has 0 amide bonds. The molecule has 0 aliphatic rings. The molecule has 0 aliphatic heterocycles. The van der Waals surface area contributed by atoms with Crippen molar-refractivity contribution in [3.8, 4) is 17.7 Å². The van der Waals surface area contributed by atoms with Crippen molar-refractivity contribution < 1.29 is 0 Å². The van der Waals surface area contributed by atoms with E-state index in [1.807, 2.05) is 36.5 Å². The molecule has 0 fully saturated rings.